The van der Waals surface area contributed by atoms with Gasteiger partial charge in [-0.2, -0.15) is 0 Å². The normalized spacial score (nSPS) is 12.2. The highest BCUT2D eigenvalue weighted by Crippen LogP contribution is 2.34. The van der Waals surface area contributed by atoms with Gasteiger partial charge in [-0.25, -0.2) is 0 Å². The maximum Gasteiger partial charge on any atom is 0.123 e. The SMILES string of the molecule is COc1ccc(Br)cc1C(Cl)Cc1ccc(Br)cc1. The summed E-state index contributed by atoms with van der Waals surface area (Å²) >= 11 is 13.4. The van der Waals surface area contributed by atoms with Gasteiger partial charge < -0.3 is 4.74 Å². The molecular weight excluding hydrogens is 391 g/mol. The summed E-state index contributed by atoms with van der Waals surface area (Å²) in [4.78, 5) is 0. The lowest BCUT2D eigenvalue weighted by Crippen LogP contribution is -1.99. The average molecular weight is 405 g/mol. The van der Waals surface area contributed by atoms with E-state index >= 15 is 0 Å². The van der Waals surface area contributed by atoms with Crippen molar-refractivity contribution in [3.8, 4) is 5.75 Å². The number of benzene rings is 2. The predicted molar refractivity (Wildman–Crippen MR) is 87.1 cm³/mol. The summed E-state index contributed by atoms with van der Waals surface area (Å²) in [6, 6.07) is 14.1. The molecule has 0 heterocycles. The number of alkyl halides is 1. The third kappa shape index (κ3) is 3.98. The fourth-order valence-electron chi connectivity index (χ4n) is 1.89. The van der Waals surface area contributed by atoms with Crippen LogP contribution in [0.3, 0.4) is 0 Å². The van der Waals surface area contributed by atoms with E-state index in [0.29, 0.717) is 0 Å². The van der Waals surface area contributed by atoms with Crippen molar-refractivity contribution < 1.29 is 4.74 Å². The highest BCUT2D eigenvalue weighted by molar-refractivity contribution is 9.10. The van der Waals surface area contributed by atoms with Gasteiger partial charge in [-0.3, -0.25) is 0 Å². The molecule has 100 valence electrons. The molecule has 0 spiro atoms. The Balaban J connectivity index is 2.21. The second-order valence-corrected chi connectivity index (χ2v) is 6.54. The van der Waals surface area contributed by atoms with Gasteiger partial charge in [0, 0.05) is 14.5 Å². The lowest BCUT2D eigenvalue weighted by atomic mass is 10.0. The average Bonchev–Trinajstić information content (AvgIpc) is 2.41. The maximum absolute atomic E-state index is 6.52. The van der Waals surface area contributed by atoms with Crippen LogP contribution >= 0.6 is 43.5 Å². The Kier molecular flexibility index (Phi) is 5.31. The summed E-state index contributed by atoms with van der Waals surface area (Å²) in [6.07, 6.45) is 0.766. The van der Waals surface area contributed by atoms with E-state index in [1.807, 2.05) is 30.3 Å². The molecule has 1 nitrogen and oxygen atoms in total. The summed E-state index contributed by atoms with van der Waals surface area (Å²) in [5, 5.41) is -0.117. The molecular formula is C15H13Br2ClO. The minimum Gasteiger partial charge on any atom is -0.496 e. The molecule has 0 bridgehead atoms. The molecule has 0 aliphatic heterocycles. The number of halogens is 3. The number of methoxy groups -OCH3 is 1. The number of rotatable bonds is 4. The van der Waals surface area contributed by atoms with Crippen LogP contribution in [0.2, 0.25) is 0 Å². The minimum atomic E-state index is -0.117. The van der Waals surface area contributed by atoms with Crippen LogP contribution in [0.15, 0.2) is 51.4 Å². The first-order chi connectivity index (χ1) is 9.10. The van der Waals surface area contributed by atoms with Crippen LogP contribution in [0, 0.1) is 0 Å². The van der Waals surface area contributed by atoms with Gasteiger partial charge in [0.25, 0.3) is 0 Å². The van der Waals surface area contributed by atoms with Crippen LogP contribution in [0.1, 0.15) is 16.5 Å². The van der Waals surface area contributed by atoms with Crippen molar-refractivity contribution in [1.29, 1.82) is 0 Å². The van der Waals surface area contributed by atoms with Crippen LogP contribution in [0.5, 0.6) is 5.75 Å². The molecule has 19 heavy (non-hydrogen) atoms. The molecule has 1 unspecified atom stereocenters. The van der Waals surface area contributed by atoms with Gasteiger partial charge in [0.2, 0.25) is 0 Å². The van der Waals surface area contributed by atoms with Crippen LogP contribution in [0.4, 0.5) is 0 Å². The zero-order valence-electron chi connectivity index (χ0n) is 10.4. The van der Waals surface area contributed by atoms with Crippen LogP contribution in [-0.4, -0.2) is 7.11 Å². The second kappa shape index (κ2) is 6.78. The van der Waals surface area contributed by atoms with Crippen LogP contribution in [0.25, 0.3) is 0 Å². The summed E-state index contributed by atoms with van der Waals surface area (Å²) in [7, 11) is 1.66. The Labute approximate surface area is 135 Å². The van der Waals surface area contributed by atoms with E-state index in [0.717, 1.165) is 26.7 Å². The molecule has 1 atom stereocenters. The topological polar surface area (TPSA) is 9.23 Å². The summed E-state index contributed by atoms with van der Waals surface area (Å²) < 4.78 is 7.44. The fourth-order valence-corrected chi connectivity index (χ4v) is 2.88. The Hall–Kier alpha value is -0.510. The highest BCUT2D eigenvalue weighted by atomic mass is 79.9. The van der Waals surface area contributed by atoms with Crippen molar-refractivity contribution in [1.82, 2.24) is 0 Å². The molecule has 0 amide bonds. The standard InChI is InChI=1S/C15H13Br2ClO/c1-19-15-7-6-12(17)9-13(15)14(18)8-10-2-4-11(16)5-3-10/h2-7,9,14H,8H2,1H3. The van der Waals surface area contributed by atoms with Gasteiger partial charge in [0.05, 0.1) is 12.5 Å². The first-order valence-electron chi connectivity index (χ1n) is 5.82. The van der Waals surface area contributed by atoms with Crippen molar-refractivity contribution >= 4 is 43.5 Å². The van der Waals surface area contributed by atoms with E-state index in [2.05, 4.69) is 44.0 Å². The van der Waals surface area contributed by atoms with E-state index in [4.69, 9.17) is 16.3 Å². The monoisotopic (exact) mass is 402 g/mol. The van der Waals surface area contributed by atoms with E-state index < -0.39 is 0 Å². The fraction of sp³-hybridized carbons (Fsp3) is 0.200. The van der Waals surface area contributed by atoms with Crippen LogP contribution < -0.4 is 4.74 Å². The summed E-state index contributed by atoms with van der Waals surface area (Å²) in [5.41, 5.74) is 2.20. The molecule has 2 aromatic carbocycles. The quantitative estimate of drug-likeness (QED) is 0.590. The van der Waals surface area contributed by atoms with Gasteiger partial charge in [0.15, 0.2) is 0 Å². The Bertz CT molecular complexity index is 555. The van der Waals surface area contributed by atoms with Crippen molar-refractivity contribution in [3.05, 3.63) is 62.5 Å². The number of hydrogen-bond acceptors (Lipinski definition) is 1. The number of ether oxygens (including phenoxy) is 1. The van der Waals surface area contributed by atoms with Crippen molar-refractivity contribution in [2.24, 2.45) is 0 Å². The van der Waals surface area contributed by atoms with Crippen molar-refractivity contribution in [3.63, 3.8) is 0 Å². The largest absolute Gasteiger partial charge is 0.496 e. The molecule has 0 N–H and O–H groups in total. The first-order valence-corrected chi connectivity index (χ1v) is 7.84. The smallest absolute Gasteiger partial charge is 0.123 e. The molecule has 0 aliphatic carbocycles. The Morgan fingerprint density at radius 1 is 1.05 bits per heavy atom. The molecule has 0 aliphatic rings. The van der Waals surface area contributed by atoms with Crippen molar-refractivity contribution in [2.45, 2.75) is 11.8 Å². The van der Waals surface area contributed by atoms with Crippen molar-refractivity contribution in [2.75, 3.05) is 7.11 Å². The maximum atomic E-state index is 6.52. The molecule has 0 saturated carbocycles. The molecule has 0 saturated heterocycles. The lowest BCUT2D eigenvalue weighted by Gasteiger charge is -2.14. The van der Waals surface area contributed by atoms with E-state index in [-0.39, 0.29) is 5.38 Å². The number of hydrogen-bond donors (Lipinski definition) is 0. The van der Waals surface area contributed by atoms with E-state index in [1.165, 1.54) is 5.56 Å². The van der Waals surface area contributed by atoms with Gasteiger partial charge in [-0.1, -0.05) is 44.0 Å². The van der Waals surface area contributed by atoms with Gasteiger partial charge in [-0.05, 0) is 42.3 Å². The zero-order chi connectivity index (χ0) is 13.8. The Morgan fingerprint density at radius 3 is 2.32 bits per heavy atom. The molecule has 2 rings (SSSR count). The minimum absolute atomic E-state index is 0.117. The Morgan fingerprint density at radius 2 is 1.68 bits per heavy atom. The molecule has 0 radical (unpaired) electrons. The second-order valence-electron chi connectivity index (χ2n) is 4.18. The van der Waals surface area contributed by atoms with Crippen LogP contribution in [-0.2, 0) is 6.42 Å². The molecule has 4 heteroatoms. The van der Waals surface area contributed by atoms with E-state index in [9.17, 15) is 0 Å². The molecule has 2 aromatic rings. The van der Waals surface area contributed by atoms with Gasteiger partial charge in [-0.15, -0.1) is 11.6 Å². The summed E-state index contributed by atoms with van der Waals surface area (Å²) in [5.74, 6) is 0.820. The highest BCUT2D eigenvalue weighted by Gasteiger charge is 2.14. The third-order valence-electron chi connectivity index (χ3n) is 2.86. The predicted octanol–water partition coefficient (Wildman–Crippen LogP) is 5.74. The first kappa shape index (κ1) is 14.9. The van der Waals surface area contributed by atoms with Gasteiger partial charge >= 0.3 is 0 Å². The summed E-state index contributed by atoms with van der Waals surface area (Å²) in [6.45, 7) is 0. The molecule has 0 aromatic heterocycles. The zero-order valence-corrected chi connectivity index (χ0v) is 14.3. The molecule has 0 fully saturated rings. The lowest BCUT2D eigenvalue weighted by molar-refractivity contribution is 0.409. The third-order valence-corrected chi connectivity index (χ3v) is 4.27. The van der Waals surface area contributed by atoms with Gasteiger partial charge in [0.1, 0.15) is 5.75 Å². The van der Waals surface area contributed by atoms with E-state index in [1.54, 1.807) is 7.11 Å².